The van der Waals surface area contributed by atoms with Gasteiger partial charge in [0.2, 0.25) is 5.91 Å². The number of anilines is 1. The number of benzene rings is 2. The van der Waals surface area contributed by atoms with Gasteiger partial charge in [0.05, 0.1) is 5.75 Å². The van der Waals surface area contributed by atoms with Gasteiger partial charge in [-0.2, -0.15) is 0 Å². The molecule has 0 spiro atoms. The molecule has 0 aliphatic carbocycles. The minimum Gasteiger partial charge on any atom is -0.483 e. The standard InChI is InChI=1S/C22H25ClN4O2S/c1-4-16-6-12-19(13-7-16)29-15(3)21-25-26-22(27(21)5-2)30-14-20(28)24-18-10-8-17(23)9-11-18/h6-13,15H,4-5,14H2,1-3H3,(H,24,28). The molecule has 0 saturated heterocycles. The summed E-state index contributed by atoms with van der Waals surface area (Å²) in [6.45, 7) is 6.78. The Morgan fingerprint density at radius 2 is 1.83 bits per heavy atom. The molecule has 1 amide bonds. The van der Waals surface area contributed by atoms with E-state index < -0.39 is 0 Å². The van der Waals surface area contributed by atoms with Crippen LogP contribution in [0.25, 0.3) is 0 Å². The maximum Gasteiger partial charge on any atom is 0.234 e. The number of ether oxygens (including phenoxy) is 1. The van der Waals surface area contributed by atoms with Crippen molar-refractivity contribution in [2.24, 2.45) is 0 Å². The van der Waals surface area contributed by atoms with Crippen molar-refractivity contribution in [3.63, 3.8) is 0 Å². The Hall–Kier alpha value is -2.51. The zero-order valence-corrected chi connectivity index (χ0v) is 18.8. The van der Waals surface area contributed by atoms with Crippen molar-refractivity contribution in [3.8, 4) is 5.75 Å². The number of rotatable bonds is 9. The molecule has 0 fully saturated rings. The highest BCUT2D eigenvalue weighted by Crippen LogP contribution is 2.25. The van der Waals surface area contributed by atoms with E-state index in [9.17, 15) is 4.79 Å². The maximum absolute atomic E-state index is 12.3. The Kier molecular flexibility index (Phi) is 7.76. The molecule has 0 saturated carbocycles. The summed E-state index contributed by atoms with van der Waals surface area (Å²) in [6.07, 6.45) is 0.730. The van der Waals surface area contributed by atoms with Crippen molar-refractivity contribution in [3.05, 3.63) is 64.9 Å². The molecule has 8 heteroatoms. The van der Waals surface area contributed by atoms with E-state index in [4.69, 9.17) is 16.3 Å². The molecule has 1 unspecified atom stereocenters. The molecule has 30 heavy (non-hydrogen) atoms. The Bertz CT molecular complexity index is 974. The van der Waals surface area contributed by atoms with Crippen LogP contribution in [-0.2, 0) is 17.8 Å². The number of thioether (sulfide) groups is 1. The summed E-state index contributed by atoms with van der Waals surface area (Å²) in [5.41, 5.74) is 1.97. The van der Waals surface area contributed by atoms with Gasteiger partial charge in [-0.15, -0.1) is 10.2 Å². The van der Waals surface area contributed by atoms with E-state index in [1.807, 2.05) is 30.5 Å². The van der Waals surface area contributed by atoms with E-state index in [-0.39, 0.29) is 17.8 Å². The molecule has 1 heterocycles. The number of halogens is 1. The third kappa shape index (κ3) is 5.77. The van der Waals surface area contributed by atoms with E-state index in [0.29, 0.717) is 22.4 Å². The predicted molar refractivity (Wildman–Crippen MR) is 121 cm³/mol. The first-order valence-corrected chi connectivity index (χ1v) is 11.2. The number of nitrogens with one attached hydrogen (secondary N) is 1. The number of hydrogen-bond donors (Lipinski definition) is 1. The highest BCUT2D eigenvalue weighted by atomic mass is 35.5. The Labute approximate surface area is 186 Å². The lowest BCUT2D eigenvalue weighted by Gasteiger charge is -2.16. The van der Waals surface area contributed by atoms with Crippen LogP contribution in [0.1, 0.15) is 38.3 Å². The van der Waals surface area contributed by atoms with Gasteiger partial charge in [-0.05, 0) is 62.2 Å². The Morgan fingerprint density at radius 1 is 1.13 bits per heavy atom. The van der Waals surface area contributed by atoms with Gasteiger partial charge in [0, 0.05) is 17.3 Å². The topological polar surface area (TPSA) is 69.0 Å². The monoisotopic (exact) mass is 444 g/mol. The normalized spacial score (nSPS) is 11.9. The second-order valence-corrected chi connectivity index (χ2v) is 8.07. The largest absolute Gasteiger partial charge is 0.483 e. The average molecular weight is 445 g/mol. The smallest absolute Gasteiger partial charge is 0.234 e. The number of aromatic nitrogens is 3. The van der Waals surface area contributed by atoms with E-state index in [1.165, 1.54) is 17.3 Å². The number of carbonyl (C=O) groups excluding carboxylic acids is 1. The van der Waals surface area contributed by atoms with E-state index in [2.05, 4.69) is 34.6 Å². The molecule has 0 radical (unpaired) electrons. The molecule has 0 aliphatic rings. The van der Waals surface area contributed by atoms with Gasteiger partial charge in [-0.3, -0.25) is 4.79 Å². The molecule has 3 aromatic rings. The van der Waals surface area contributed by atoms with Gasteiger partial charge in [-0.25, -0.2) is 0 Å². The van der Waals surface area contributed by atoms with Crippen LogP contribution in [0.15, 0.2) is 53.7 Å². The van der Waals surface area contributed by atoms with Crippen LogP contribution in [0.5, 0.6) is 5.75 Å². The third-order valence-electron chi connectivity index (χ3n) is 4.53. The molecule has 0 bridgehead atoms. The van der Waals surface area contributed by atoms with Crippen molar-refractivity contribution in [2.45, 2.75) is 45.0 Å². The van der Waals surface area contributed by atoms with Gasteiger partial charge in [0.1, 0.15) is 5.75 Å². The third-order valence-corrected chi connectivity index (χ3v) is 5.75. The fraction of sp³-hybridized carbons (Fsp3) is 0.318. The number of amides is 1. The van der Waals surface area contributed by atoms with Crippen molar-refractivity contribution >= 4 is 35.0 Å². The summed E-state index contributed by atoms with van der Waals surface area (Å²) in [7, 11) is 0. The minimum absolute atomic E-state index is 0.116. The molecular formula is C22H25ClN4O2S. The van der Waals surface area contributed by atoms with E-state index >= 15 is 0 Å². The maximum atomic E-state index is 12.3. The van der Waals surface area contributed by atoms with Gasteiger partial charge >= 0.3 is 0 Å². The highest BCUT2D eigenvalue weighted by molar-refractivity contribution is 7.99. The molecule has 1 N–H and O–H groups in total. The lowest BCUT2D eigenvalue weighted by atomic mass is 10.2. The van der Waals surface area contributed by atoms with Crippen LogP contribution in [-0.4, -0.2) is 26.4 Å². The lowest BCUT2D eigenvalue weighted by Crippen LogP contribution is -2.15. The molecule has 3 rings (SSSR count). The van der Waals surface area contributed by atoms with Gasteiger partial charge in [-0.1, -0.05) is 42.4 Å². The number of aryl methyl sites for hydroxylation is 1. The zero-order valence-electron chi connectivity index (χ0n) is 17.3. The minimum atomic E-state index is -0.262. The molecular weight excluding hydrogens is 420 g/mol. The van der Waals surface area contributed by atoms with Crippen LogP contribution < -0.4 is 10.1 Å². The van der Waals surface area contributed by atoms with Crippen LogP contribution >= 0.6 is 23.4 Å². The summed E-state index contributed by atoms with van der Waals surface area (Å²) in [5.74, 6) is 1.64. The zero-order chi connectivity index (χ0) is 21.5. The molecule has 0 aliphatic heterocycles. The summed E-state index contributed by atoms with van der Waals surface area (Å²) in [5, 5.41) is 12.7. The van der Waals surface area contributed by atoms with Crippen molar-refractivity contribution in [2.75, 3.05) is 11.1 Å². The lowest BCUT2D eigenvalue weighted by molar-refractivity contribution is -0.113. The van der Waals surface area contributed by atoms with Gasteiger partial charge in [0.25, 0.3) is 0 Å². The van der Waals surface area contributed by atoms with Crippen molar-refractivity contribution < 1.29 is 9.53 Å². The Balaban J connectivity index is 1.61. The summed E-state index contributed by atoms with van der Waals surface area (Å²) >= 11 is 7.22. The van der Waals surface area contributed by atoms with Gasteiger partial charge < -0.3 is 14.6 Å². The first kappa shape index (κ1) is 22.2. The predicted octanol–water partition coefficient (Wildman–Crippen LogP) is 5.38. The van der Waals surface area contributed by atoms with Crippen LogP contribution in [0.2, 0.25) is 5.02 Å². The molecule has 1 aromatic heterocycles. The number of carbonyl (C=O) groups is 1. The summed E-state index contributed by atoms with van der Waals surface area (Å²) in [6, 6.07) is 15.1. The van der Waals surface area contributed by atoms with Gasteiger partial charge in [0.15, 0.2) is 17.1 Å². The van der Waals surface area contributed by atoms with Crippen LogP contribution in [0.4, 0.5) is 5.69 Å². The first-order chi connectivity index (χ1) is 14.5. The highest BCUT2D eigenvalue weighted by Gasteiger charge is 2.19. The van der Waals surface area contributed by atoms with Crippen molar-refractivity contribution in [1.29, 1.82) is 0 Å². The second-order valence-electron chi connectivity index (χ2n) is 6.69. The molecule has 6 nitrogen and oxygen atoms in total. The summed E-state index contributed by atoms with van der Waals surface area (Å²) < 4.78 is 8.02. The molecule has 158 valence electrons. The number of nitrogens with zero attached hydrogens (tertiary/aromatic N) is 3. The summed E-state index contributed by atoms with van der Waals surface area (Å²) in [4.78, 5) is 12.3. The fourth-order valence-electron chi connectivity index (χ4n) is 2.93. The first-order valence-electron chi connectivity index (χ1n) is 9.87. The molecule has 2 aromatic carbocycles. The quantitative estimate of drug-likeness (QED) is 0.448. The Morgan fingerprint density at radius 3 is 2.47 bits per heavy atom. The fourth-order valence-corrected chi connectivity index (χ4v) is 3.86. The number of hydrogen-bond acceptors (Lipinski definition) is 5. The van der Waals surface area contributed by atoms with Crippen LogP contribution in [0.3, 0.4) is 0 Å². The van der Waals surface area contributed by atoms with E-state index in [1.54, 1.807) is 24.3 Å². The molecule has 1 atom stereocenters. The van der Waals surface area contributed by atoms with E-state index in [0.717, 1.165) is 18.0 Å². The second kappa shape index (κ2) is 10.5. The van der Waals surface area contributed by atoms with Crippen LogP contribution in [0, 0.1) is 0 Å². The SMILES string of the molecule is CCc1ccc(OC(C)c2nnc(SCC(=O)Nc3ccc(Cl)cc3)n2CC)cc1. The average Bonchev–Trinajstić information content (AvgIpc) is 3.17. The van der Waals surface area contributed by atoms with Crippen molar-refractivity contribution in [1.82, 2.24) is 14.8 Å².